The number of amides is 1. The van der Waals surface area contributed by atoms with Gasteiger partial charge >= 0.3 is 0 Å². The maximum absolute atomic E-state index is 13.6. The van der Waals surface area contributed by atoms with Gasteiger partial charge in [0.05, 0.1) is 29.7 Å². The standard InChI is InChI=1S/C24H25F3N8O/c1-15-12-30-24(33-20(15)16-2-4-17(5-3-16)23(36)29-9-8-28)32-18-13-31-35(14-18)19-6-10-34(11-7-19)22(27)21(25)26/h2-5,12-14,19,21-22H,6-7,9-11H2,1H3,(H,29,36)(H,30,32,33). The van der Waals surface area contributed by atoms with Crippen LogP contribution in [0, 0.1) is 18.3 Å². The van der Waals surface area contributed by atoms with Gasteiger partial charge in [0.15, 0.2) is 0 Å². The Morgan fingerprint density at radius 3 is 2.58 bits per heavy atom. The molecule has 12 heteroatoms. The minimum Gasteiger partial charge on any atom is -0.339 e. The van der Waals surface area contributed by atoms with Gasteiger partial charge in [-0.05, 0) is 37.5 Å². The fourth-order valence-corrected chi connectivity index (χ4v) is 4.08. The van der Waals surface area contributed by atoms with Crippen LogP contribution < -0.4 is 10.6 Å². The number of aryl methyl sites for hydroxylation is 1. The molecule has 0 aliphatic carbocycles. The van der Waals surface area contributed by atoms with Gasteiger partial charge in [0.1, 0.15) is 6.54 Å². The van der Waals surface area contributed by atoms with Crippen LogP contribution in [0.15, 0.2) is 42.9 Å². The molecule has 1 amide bonds. The Hall–Kier alpha value is -3.98. The van der Waals surface area contributed by atoms with Crippen molar-refractivity contribution in [1.82, 2.24) is 30.0 Å². The van der Waals surface area contributed by atoms with Gasteiger partial charge in [0.2, 0.25) is 12.2 Å². The monoisotopic (exact) mass is 498 g/mol. The molecule has 9 nitrogen and oxygen atoms in total. The van der Waals surface area contributed by atoms with E-state index in [2.05, 4.69) is 25.7 Å². The molecule has 0 saturated carbocycles. The lowest BCUT2D eigenvalue weighted by Gasteiger charge is -2.33. The Bertz CT molecular complexity index is 1230. The van der Waals surface area contributed by atoms with Crippen molar-refractivity contribution in [2.75, 3.05) is 25.0 Å². The van der Waals surface area contributed by atoms with E-state index in [0.717, 1.165) is 16.0 Å². The molecule has 1 saturated heterocycles. The van der Waals surface area contributed by atoms with Gasteiger partial charge in [-0.2, -0.15) is 10.4 Å². The van der Waals surface area contributed by atoms with Gasteiger partial charge < -0.3 is 10.6 Å². The number of halogens is 3. The lowest BCUT2D eigenvalue weighted by molar-refractivity contribution is -0.0604. The summed E-state index contributed by atoms with van der Waals surface area (Å²) in [5, 5.41) is 18.6. The average Bonchev–Trinajstić information content (AvgIpc) is 3.36. The van der Waals surface area contributed by atoms with Crippen molar-refractivity contribution in [1.29, 1.82) is 5.26 Å². The second-order valence-electron chi connectivity index (χ2n) is 8.45. The van der Waals surface area contributed by atoms with Crippen LogP contribution in [0.25, 0.3) is 11.3 Å². The zero-order valence-electron chi connectivity index (χ0n) is 19.5. The van der Waals surface area contributed by atoms with Crippen molar-refractivity contribution in [3.8, 4) is 17.3 Å². The summed E-state index contributed by atoms with van der Waals surface area (Å²) in [6.45, 7) is 2.30. The van der Waals surface area contributed by atoms with Gasteiger partial charge in [0.25, 0.3) is 12.3 Å². The number of aromatic nitrogens is 4. The fraction of sp³-hybridized carbons (Fsp3) is 0.375. The number of carbonyl (C=O) groups is 1. The van der Waals surface area contributed by atoms with Crippen molar-refractivity contribution in [3.05, 3.63) is 54.0 Å². The summed E-state index contributed by atoms with van der Waals surface area (Å²) in [6, 6.07) is 8.74. The third-order valence-corrected chi connectivity index (χ3v) is 6.01. The van der Waals surface area contributed by atoms with E-state index >= 15 is 0 Å². The van der Waals surface area contributed by atoms with Crippen LogP contribution in [0.3, 0.4) is 0 Å². The highest BCUT2D eigenvalue weighted by molar-refractivity contribution is 5.94. The zero-order chi connectivity index (χ0) is 25.7. The van der Waals surface area contributed by atoms with Crippen LogP contribution in [-0.2, 0) is 0 Å². The number of carbonyl (C=O) groups excluding carboxylic acids is 1. The van der Waals surface area contributed by atoms with E-state index in [1.165, 1.54) is 0 Å². The lowest BCUT2D eigenvalue weighted by atomic mass is 10.1. The topological polar surface area (TPSA) is 112 Å². The highest BCUT2D eigenvalue weighted by atomic mass is 19.3. The molecule has 1 unspecified atom stereocenters. The van der Waals surface area contributed by atoms with Crippen LogP contribution in [0.4, 0.5) is 24.8 Å². The van der Waals surface area contributed by atoms with Gasteiger partial charge in [-0.15, -0.1) is 0 Å². The molecule has 2 aromatic heterocycles. The maximum atomic E-state index is 13.6. The largest absolute Gasteiger partial charge is 0.339 e. The van der Waals surface area contributed by atoms with E-state index in [1.807, 2.05) is 13.0 Å². The van der Waals surface area contributed by atoms with Crippen LogP contribution in [0.1, 0.15) is 34.8 Å². The summed E-state index contributed by atoms with van der Waals surface area (Å²) in [5.41, 5.74) is 3.43. The number of nitrogens with one attached hydrogen (secondary N) is 2. The summed E-state index contributed by atoms with van der Waals surface area (Å²) in [4.78, 5) is 22.1. The first-order valence-corrected chi connectivity index (χ1v) is 11.4. The summed E-state index contributed by atoms with van der Waals surface area (Å²) < 4.78 is 40.6. The molecule has 0 radical (unpaired) electrons. The van der Waals surface area contributed by atoms with Gasteiger partial charge in [-0.1, -0.05) is 12.1 Å². The molecule has 4 rings (SSSR count). The summed E-state index contributed by atoms with van der Waals surface area (Å²) in [5.74, 6) is 0.0316. The van der Waals surface area contributed by atoms with Gasteiger partial charge in [-0.25, -0.2) is 23.1 Å². The normalized spacial score (nSPS) is 15.4. The Morgan fingerprint density at radius 1 is 1.19 bits per heavy atom. The Labute approximate surface area is 206 Å². The predicted molar refractivity (Wildman–Crippen MR) is 126 cm³/mol. The number of nitrogens with zero attached hydrogens (tertiary/aromatic N) is 6. The molecule has 188 valence electrons. The number of benzene rings is 1. The fourth-order valence-electron chi connectivity index (χ4n) is 4.08. The Morgan fingerprint density at radius 2 is 1.92 bits per heavy atom. The van der Waals surface area contributed by atoms with Crippen LogP contribution in [0.5, 0.6) is 0 Å². The first-order valence-electron chi connectivity index (χ1n) is 11.4. The molecule has 1 aromatic carbocycles. The van der Waals surface area contributed by atoms with E-state index in [4.69, 9.17) is 5.26 Å². The zero-order valence-corrected chi connectivity index (χ0v) is 19.5. The molecule has 1 atom stereocenters. The molecule has 1 aliphatic rings. The number of hydrogen-bond donors (Lipinski definition) is 2. The summed E-state index contributed by atoms with van der Waals surface area (Å²) in [7, 11) is 0. The molecule has 36 heavy (non-hydrogen) atoms. The smallest absolute Gasteiger partial charge is 0.282 e. The van der Waals surface area contributed by atoms with Crippen LogP contribution in [-0.4, -0.2) is 62.9 Å². The van der Waals surface area contributed by atoms with E-state index < -0.39 is 12.7 Å². The molecule has 3 aromatic rings. The third-order valence-electron chi connectivity index (χ3n) is 6.01. The third kappa shape index (κ3) is 5.80. The molecule has 2 N–H and O–H groups in total. The Balaban J connectivity index is 1.41. The highest BCUT2D eigenvalue weighted by Crippen LogP contribution is 2.27. The summed E-state index contributed by atoms with van der Waals surface area (Å²) in [6.07, 6.45) is 0.903. The van der Waals surface area contributed by atoms with Gasteiger partial charge in [0, 0.05) is 36.6 Å². The number of likely N-dealkylation sites (tertiary alicyclic amines) is 1. The molecular formula is C24H25F3N8O. The lowest BCUT2D eigenvalue weighted by Crippen LogP contribution is -2.43. The minimum atomic E-state index is -3.01. The number of anilines is 2. The minimum absolute atomic E-state index is 0.0138. The number of alkyl halides is 3. The first kappa shape index (κ1) is 25.1. The van der Waals surface area contributed by atoms with E-state index in [0.29, 0.717) is 35.7 Å². The van der Waals surface area contributed by atoms with E-state index in [-0.39, 0.29) is 31.6 Å². The first-order chi connectivity index (χ1) is 17.4. The molecule has 1 fully saturated rings. The van der Waals surface area contributed by atoms with Gasteiger partial charge in [-0.3, -0.25) is 14.4 Å². The van der Waals surface area contributed by atoms with Crippen LogP contribution in [0.2, 0.25) is 0 Å². The molecule has 1 aliphatic heterocycles. The Kier molecular flexibility index (Phi) is 7.80. The van der Waals surface area contributed by atoms with E-state index in [1.54, 1.807) is 47.5 Å². The second kappa shape index (κ2) is 11.2. The second-order valence-corrected chi connectivity index (χ2v) is 8.45. The maximum Gasteiger partial charge on any atom is 0.282 e. The molecular weight excluding hydrogens is 473 g/mol. The number of rotatable bonds is 8. The molecule has 3 heterocycles. The number of piperidine rings is 1. The van der Waals surface area contributed by atoms with Crippen LogP contribution >= 0.6 is 0 Å². The van der Waals surface area contributed by atoms with Crippen molar-refractivity contribution in [2.24, 2.45) is 0 Å². The van der Waals surface area contributed by atoms with Crippen molar-refractivity contribution < 1.29 is 18.0 Å². The highest BCUT2D eigenvalue weighted by Gasteiger charge is 2.31. The van der Waals surface area contributed by atoms with Crippen molar-refractivity contribution in [3.63, 3.8) is 0 Å². The SMILES string of the molecule is Cc1cnc(Nc2cnn(C3CCN(C(F)C(F)F)CC3)c2)nc1-c1ccc(C(=O)NCC#N)cc1. The van der Waals surface area contributed by atoms with E-state index in [9.17, 15) is 18.0 Å². The molecule has 0 bridgehead atoms. The summed E-state index contributed by atoms with van der Waals surface area (Å²) >= 11 is 0. The number of hydrogen-bond acceptors (Lipinski definition) is 7. The predicted octanol–water partition coefficient (Wildman–Crippen LogP) is 3.84. The van der Waals surface area contributed by atoms with Crippen molar-refractivity contribution >= 4 is 17.5 Å². The quantitative estimate of drug-likeness (QED) is 0.359. The average molecular weight is 499 g/mol. The molecule has 0 spiro atoms. The number of nitriles is 1. The van der Waals surface area contributed by atoms with Crippen molar-refractivity contribution in [2.45, 2.75) is 38.5 Å².